The smallest absolute Gasteiger partial charge is 0.237 e. The van der Waals surface area contributed by atoms with Crippen LogP contribution in [0.5, 0.6) is 0 Å². The minimum atomic E-state index is -0.397. The first kappa shape index (κ1) is 14.1. The fraction of sp³-hybridized carbons (Fsp3) is 0.462. The summed E-state index contributed by atoms with van der Waals surface area (Å²) in [5.74, 6) is 0.848. The predicted octanol–water partition coefficient (Wildman–Crippen LogP) is 1.69. The molecule has 4 heteroatoms. The van der Waals surface area contributed by atoms with Crippen molar-refractivity contribution < 1.29 is 4.79 Å². The molecule has 1 rings (SSSR count). The molecular formula is C13H20N2OS. The largest absolute Gasteiger partial charge is 0.351 e. The molecule has 3 nitrogen and oxygen atoms in total. The number of rotatable bonds is 6. The van der Waals surface area contributed by atoms with E-state index in [-0.39, 0.29) is 5.91 Å². The molecule has 0 aliphatic rings. The summed E-state index contributed by atoms with van der Waals surface area (Å²) >= 11 is 1.70. The van der Waals surface area contributed by atoms with E-state index in [0.717, 1.165) is 17.7 Å². The van der Waals surface area contributed by atoms with E-state index in [1.807, 2.05) is 37.4 Å². The highest BCUT2D eigenvalue weighted by Crippen LogP contribution is 2.06. The van der Waals surface area contributed by atoms with Gasteiger partial charge in [0.1, 0.15) is 0 Å². The quantitative estimate of drug-likeness (QED) is 0.810. The third-order valence-corrected chi connectivity index (χ3v) is 3.33. The second kappa shape index (κ2) is 7.35. The van der Waals surface area contributed by atoms with Crippen LogP contribution in [0.4, 0.5) is 0 Å². The van der Waals surface area contributed by atoms with Crippen LogP contribution < -0.4 is 11.1 Å². The predicted molar refractivity (Wildman–Crippen MR) is 74.0 cm³/mol. The first-order valence-electron chi connectivity index (χ1n) is 5.72. The molecule has 0 saturated heterocycles. The van der Waals surface area contributed by atoms with Gasteiger partial charge in [0.25, 0.3) is 0 Å². The maximum Gasteiger partial charge on any atom is 0.237 e. The number of nitrogens with one attached hydrogen (secondary N) is 1. The van der Waals surface area contributed by atoms with Crippen molar-refractivity contribution in [3.8, 4) is 0 Å². The van der Waals surface area contributed by atoms with Crippen molar-refractivity contribution >= 4 is 17.7 Å². The van der Waals surface area contributed by atoms with Crippen LogP contribution in [0.1, 0.15) is 17.5 Å². The Kier molecular flexibility index (Phi) is 6.08. The summed E-state index contributed by atoms with van der Waals surface area (Å²) in [4.78, 5) is 11.7. The Morgan fingerprint density at radius 2 is 2.18 bits per heavy atom. The van der Waals surface area contributed by atoms with Crippen LogP contribution in [0.3, 0.4) is 0 Å². The zero-order valence-electron chi connectivity index (χ0n) is 10.4. The molecule has 0 aliphatic heterocycles. The highest BCUT2D eigenvalue weighted by atomic mass is 32.2. The summed E-state index contributed by atoms with van der Waals surface area (Å²) in [6.45, 7) is 2.59. The molecule has 1 amide bonds. The van der Waals surface area contributed by atoms with Crippen LogP contribution in [0.15, 0.2) is 24.3 Å². The Morgan fingerprint density at radius 3 is 2.82 bits per heavy atom. The summed E-state index contributed by atoms with van der Waals surface area (Å²) in [6.07, 6.45) is 2.73. The Hall–Kier alpha value is -1.00. The molecule has 1 aromatic rings. The van der Waals surface area contributed by atoms with E-state index in [1.165, 1.54) is 5.56 Å². The Bertz CT molecular complexity index is 368. The number of carbonyl (C=O) groups is 1. The van der Waals surface area contributed by atoms with Gasteiger partial charge in [0.05, 0.1) is 6.04 Å². The third kappa shape index (κ3) is 4.79. The van der Waals surface area contributed by atoms with E-state index in [0.29, 0.717) is 6.54 Å². The number of hydrogen-bond donors (Lipinski definition) is 2. The van der Waals surface area contributed by atoms with Gasteiger partial charge in [-0.1, -0.05) is 24.3 Å². The molecule has 0 heterocycles. The molecule has 0 fully saturated rings. The van der Waals surface area contributed by atoms with Gasteiger partial charge in [-0.25, -0.2) is 0 Å². The van der Waals surface area contributed by atoms with Crippen molar-refractivity contribution in [2.75, 3.05) is 12.0 Å². The molecule has 0 aromatic heterocycles. The molecule has 0 radical (unpaired) electrons. The third-order valence-electron chi connectivity index (χ3n) is 2.68. The summed E-state index contributed by atoms with van der Waals surface area (Å²) in [6, 6.07) is 7.62. The van der Waals surface area contributed by atoms with Crippen molar-refractivity contribution in [3.05, 3.63) is 35.4 Å². The SMILES string of the molecule is CSCC[C@H](N)C(=O)NCc1ccccc1C. The standard InChI is InChI=1S/C13H20N2OS/c1-10-5-3-4-6-11(10)9-15-13(16)12(14)7-8-17-2/h3-6,12H,7-9,14H2,1-2H3,(H,15,16)/t12-/m0/s1. The van der Waals surface area contributed by atoms with E-state index < -0.39 is 6.04 Å². The number of aryl methyl sites for hydroxylation is 1. The molecule has 1 aromatic carbocycles. The van der Waals surface area contributed by atoms with Gasteiger partial charge in [-0.05, 0) is 36.5 Å². The molecule has 0 unspecified atom stereocenters. The highest BCUT2D eigenvalue weighted by Gasteiger charge is 2.12. The topological polar surface area (TPSA) is 55.1 Å². The molecule has 94 valence electrons. The zero-order chi connectivity index (χ0) is 12.7. The Morgan fingerprint density at radius 1 is 1.47 bits per heavy atom. The maximum absolute atomic E-state index is 11.7. The van der Waals surface area contributed by atoms with E-state index in [1.54, 1.807) is 11.8 Å². The summed E-state index contributed by atoms with van der Waals surface area (Å²) in [7, 11) is 0. The van der Waals surface area contributed by atoms with Crippen LogP contribution in [0.25, 0.3) is 0 Å². The van der Waals surface area contributed by atoms with Gasteiger partial charge in [-0.2, -0.15) is 11.8 Å². The highest BCUT2D eigenvalue weighted by molar-refractivity contribution is 7.98. The van der Waals surface area contributed by atoms with Crippen molar-refractivity contribution in [3.63, 3.8) is 0 Å². The number of nitrogens with two attached hydrogens (primary N) is 1. The molecule has 1 atom stereocenters. The van der Waals surface area contributed by atoms with Crippen molar-refractivity contribution in [2.45, 2.75) is 25.9 Å². The minimum absolute atomic E-state index is 0.0673. The molecule has 17 heavy (non-hydrogen) atoms. The Labute approximate surface area is 107 Å². The fourth-order valence-electron chi connectivity index (χ4n) is 1.50. The first-order chi connectivity index (χ1) is 8.15. The molecule has 3 N–H and O–H groups in total. The van der Waals surface area contributed by atoms with E-state index >= 15 is 0 Å². The number of carbonyl (C=O) groups excluding carboxylic acids is 1. The van der Waals surface area contributed by atoms with Crippen molar-refractivity contribution in [1.29, 1.82) is 0 Å². The van der Waals surface area contributed by atoms with Gasteiger partial charge in [0.15, 0.2) is 0 Å². The molecule has 0 aliphatic carbocycles. The first-order valence-corrected chi connectivity index (χ1v) is 7.11. The van der Waals surface area contributed by atoms with Gasteiger partial charge in [0.2, 0.25) is 5.91 Å². The van der Waals surface area contributed by atoms with Crippen molar-refractivity contribution in [2.24, 2.45) is 5.73 Å². The van der Waals surface area contributed by atoms with Gasteiger partial charge >= 0.3 is 0 Å². The average Bonchev–Trinajstić information content (AvgIpc) is 2.34. The number of thioether (sulfide) groups is 1. The van der Waals surface area contributed by atoms with Crippen LogP contribution >= 0.6 is 11.8 Å². The van der Waals surface area contributed by atoms with E-state index in [4.69, 9.17) is 5.73 Å². The number of benzene rings is 1. The summed E-state index contributed by atoms with van der Waals surface area (Å²) in [5, 5.41) is 2.88. The normalized spacial score (nSPS) is 12.2. The van der Waals surface area contributed by atoms with Crippen LogP contribution in [-0.4, -0.2) is 24.0 Å². The second-order valence-electron chi connectivity index (χ2n) is 4.03. The Balaban J connectivity index is 2.40. The van der Waals surface area contributed by atoms with Crippen LogP contribution in [0.2, 0.25) is 0 Å². The molecule has 0 bridgehead atoms. The van der Waals surface area contributed by atoms with Gasteiger partial charge in [-0.15, -0.1) is 0 Å². The van der Waals surface area contributed by atoms with Crippen LogP contribution in [-0.2, 0) is 11.3 Å². The number of amides is 1. The minimum Gasteiger partial charge on any atom is -0.351 e. The van der Waals surface area contributed by atoms with E-state index in [2.05, 4.69) is 5.32 Å². The lowest BCUT2D eigenvalue weighted by atomic mass is 10.1. The lowest BCUT2D eigenvalue weighted by Crippen LogP contribution is -2.40. The summed E-state index contributed by atoms with van der Waals surface area (Å²) < 4.78 is 0. The lowest BCUT2D eigenvalue weighted by Gasteiger charge is -2.12. The summed E-state index contributed by atoms with van der Waals surface area (Å²) in [5.41, 5.74) is 8.10. The average molecular weight is 252 g/mol. The van der Waals surface area contributed by atoms with Gasteiger partial charge in [-0.3, -0.25) is 4.79 Å². The fourth-order valence-corrected chi connectivity index (χ4v) is 1.99. The maximum atomic E-state index is 11.7. The second-order valence-corrected chi connectivity index (χ2v) is 5.02. The lowest BCUT2D eigenvalue weighted by molar-refractivity contribution is -0.122. The van der Waals surface area contributed by atoms with Crippen LogP contribution in [0, 0.1) is 6.92 Å². The van der Waals surface area contributed by atoms with Crippen molar-refractivity contribution in [1.82, 2.24) is 5.32 Å². The van der Waals surface area contributed by atoms with Gasteiger partial charge in [0, 0.05) is 6.54 Å². The zero-order valence-corrected chi connectivity index (χ0v) is 11.2. The molecule has 0 spiro atoms. The number of hydrogen-bond acceptors (Lipinski definition) is 3. The van der Waals surface area contributed by atoms with E-state index in [9.17, 15) is 4.79 Å². The monoisotopic (exact) mass is 252 g/mol. The molecule has 0 saturated carbocycles. The van der Waals surface area contributed by atoms with Gasteiger partial charge < -0.3 is 11.1 Å². The molecular weight excluding hydrogens is 232 g/mol.